The highest BCUT2D eigenvalue weighted by molar-refractivity contribution is 5.90. The lowest BCUT2D eigenvalue weighted by atomic mass is 9.97. The van der Waals surface area contributed by atoms with Crippen LogP contribution in [0.25, 0.3) is 0 Å². The van der Waals surface area contributed by atoms with Gasteiger partial charge in [0.25, 0.3) is 5.91 Å². The summed E-state index contributed by atoms with van der Waals surface area (Å²) in [5.74, 6) is 0.525. The number of hydrogen-bond acceptors (Lipinski definition) is 3. The lowest BCUT2D eigenvalue weighted by Crippen LogP contribution is -2.87. The SMILES string of the molecule is CCc1ccc([C@H]([NH2+]CC(=O)Nc2cc(C)on2)c2cccc(F)c2)cc1. The molecule has 0 bridgehead atoms. The Morgan fingerprint density at radius 2 is 1.96 bits per heavy atom. The molecule has 0 aliphatic rings. The molecule has 0 aliphatic carbocycles. The molecule has 2 aromatic carbocycles. The van der Waals surface area contributed by atoms with Gasteiger partial charge in [0, 0.05) is 17.2 Å². The maximum atomic E-state index is 13.7. The fourth-order valence-electron chi connectivity index (χ4n) is 2.97. The van der Waals surface area contributed by atoms with Crippen LogP contribution in [0.15, 0.2) is 59.1 Å². The fourth-order valence-corrected chi connectivity index (χ4v) is 2.97. The molecule has 0 fully saturated rings. The van der Waals surface area contributed by atoms with Crippen molar-refractivity contribution in [1.82, 2.24) is 5.16 Å². The maximum Gasteiger partial charge on any atom is 0.280 e. The first-order valence-electron chi connectivity index (χ1n) is 8.96. The highest BCUT2D eigenvalue weighted by Crippen LogP contribution is 2.20. The molecule has 1 atom stereocenters. The minimum absolute atomic E-state index is 0.169. The van der Waals surface area contributed by atoms with Crippen LogP contribution in [0.1, 0.15) is 35.4 Å². The molecule has 0 saturated heterocycles. The summed E-state index contributed by atoms with van der Waals surface area (Å²) < 4.78 is 18.7. The van der Waals surface area contributed by atoms with E-state index in [2.05, 4.69) is 29.5 Å². The number of amides is 1. The Morgan fingerprint density at radius 1 is 1.19 bits per heavy atom. The Balaban J connectivity index is 1.75. The second-order valence-electron chi connectivity index (χ2n) is 6.44. The molecule has 27 heavy (non-hydrogen) atoms. The predicted octanol–water partition coefficient (Wildman–Crippen LogP) is 2.98. The van der Waals surface area contributed by atoms with Crippen molar-refractivity contribution in [1.29, 1.82) is 0 Å². The van der Waals surface area contributed by atoms with Gasteiger partial charge >= 0.3 is 0 Å². The first-order chi connectivity index (χ1) is 13.0. The van der Waals surface area contributed by atoms with E-state index in [1.165, 1.54) is 17.7 Å². The van der Waals surface area contributed by atoms with Gasteiger partial charge in [-0.25, -0.2) is 4.39 Å². The number of aryl methyl sites for hydroxylation is 2. The predicted molar refractivity (Wildman–Crippen MR) is 101 cm³/mol. The maximum absolute atomic E-state index is 13.7. The van der Waals surface area contributed by atoms with Crippen LogP contribution < -0.4 is 10.6 Å². The van der Waals surface area contributed by atoms with Gasteiger partial charge < -0.3 is 15.2 Å². The number of halogens is 1. The van der Waals surface area contributed by atoms with Crippen LogP contribution in [0.5, 0.6) is 0 Å². The molecule has 6 heteroatoms. The lowest BCUT2D eigenvalue weighted by molar-refractivity contribution is -0.676. The van der Waals surface area contributed by atoms with E-state index in [4.69, 9.17) is 4.52 Å². The van der Waals surface area contributed by atoms with Crippen molar-refractivity contribution >= 4 is 11.7 Å². The summed E-state index contributed by atoms with van der Waals surface area (Å²) in [6.07, 6.45) is 0.953. The number of carbonyl (C=O) groups is 1. The zero-order chi connectivity index (χ0) is 19.2. The first kappa shape index (κ1) is 18.8. The molecule has 0 aliphatic heterocycles. The van der Waals surface area contributed by atoms with E-state index in [0.717, 1.165) is 17.5 Å². The van der Waals surface area contributed by atoms with E-state index in [9.17, 15) is 9.18 Å². The van der Waals surface area contributed by atoms with Crippen LogP contribution >= 0.6 is 0 Å². The Kier molecular flexibility index (Phi) is 5.98. The summed E-state index contributed by atoms with van der Waals surface area (Å²) in [7, 11) is 0. The highest BCUT2D eigenvalue weighted by atomic mass is 19.1. The van der Waals surface area contributed by atoms with Gasteiger partial charge in [-0.2, -0.15) is 0 Å². The first-order valence-corrected chi connectivity index (χ1v) is 8.96. The zero-order valence-electron chi connectivity index (χ0n) is 15.4. The van der Waals surface area contributed by atoms with Crippen molar-refractivity contribution in [2.75, 3.05) is 11.9 Å². The number of rotatable bonds is 7. The van der Waals surface area contributed by atoms with Crippen molar-refractivity contribution in [3.05, 3.63) is 82.9 Å². The van der Waals surface area contributed by atoms with Gasteiger partial charge in [0.2, 0.25) is 0 Å². The molecular formula is C21H23FN3O2+. The third-order valence-corrected chi connectivity index (χ3v) is 4.39. The molecule has 3 N–H and O–H groups in total. The van der Waals surface area contributed by atoms with Crippen molar-refractivity contribution in [3.63, 3.8) is 0 Å². The molecule has 1 amide bonds. The Hall–Kier alpha value is -2.99. The van der Waals surface area contributed by atoms with Crippen molar-refractivity contribution < 1.29 is 19.0 Å². The number of nitrogens with one attached hydrogen (secondary N) is 1. The fraction of sp³-hybridized carbons (Fsp3) is 0.238. The van der Waals surface area contributed by atoms with Crippen molar-refractivity contribution in [2.45, 2.75) is 26.3 Å². The van der Waals surface area contributed by atoms with Crippen LogP contribution in [0.3, 0.4) is 0 Å². The molecule has 1 aromatic heterocycles. The van der Waals surface area contributed by atoms with Crippen molar-refractivity contribution in [3.8, 4) is 0 Å². The number of anilines is 1. The molecular weight excluding hydrogens is 345 g/mol. The molecule has 3 rings (SSSR count). The van der Waals surface area contributed by atoms with Gasteiger partial charge in [0.15, 0.2) is 12.4 Å². The van der Waals surface area contributed by atoms with Crippen LogP contribution in [-0.4, -0.2) is 17.6 Å². The van der Waals surface area contributed by atoms with E-state index in [0.29, 0.717) is 11.6 Å². The molecule has 5 nitrogen and oxygen atoms in total. The molecule has 0 radical (unpaired) electrons. The number of nitrogens with zero attached hydrogens (tertiary/aromatic N) is 1. The van der Waals surface area contributed by atoms with Gasteiger partial charge in [-0.15, -0.1) is 0 Å². The van der Waals surface area contributed by atoms with Crippen LogP contribution in [0.2, 0.25) is 0 Å². The minimum Gasteiger partial charge on any atom is -0.360 e. The van der Waals surface area contributed by atoms with Gasteiger partial charge in [-0.1, -0.05) is 48.5 Å². The summed E-state index contributed by atoms with van der Waals surface area (Å²) in [5.41, 5.74) is 3.06. The monoisotopic (exact) mass is 368 g/mol. The van der Waals surface area contributed by atoms with Crippen LogP contribution in [-0.2, 0) is 11.2 Å². The summed E-state index contributed by atoms with van der Waals surface area (Å²) in [6.45, 7) is 4.03. The van der Waals surface area contributed by atoms with Gasteiger partial charge in [0.1, 0.15) is 17.6 Å². The molecule has 1 heterocycles. The summed E-state index contributed by atoms with van der Waals surface area (Å²) in [6, 6.07) is 16.1. The minimum atomic E-state index is -0.293. The third kappa shape index (κ3) is 5.01. The quantitative estimate of drug-likeness (QED) is 0.673. The number of hydrogen-bond donors (Lipinski definition) is 2. The van der Waals surface area contributed by atoms with Gasteiger partial charge in [-0.05, 0) is 31.0 Å². The van der Waals surface area contributed by atoms with Crippen LogP contribution in [0, 0.1) is 12.7 Å². The Bertz CT molecular complexity index is 906. The average Bonchev–Trinajstić information content (AvgIpc) is 3.07. The number of nitrogens with two attached hydrogens (primary N) is 1. The molecule has 0 spiro atoms. The molecule has 3 aromatic rings. The normalized spacial score (nSPS) is 12.0. The second kappa shape index (κ2) is 8.60. The summed E-state index contributed by atoms with van der Waals surface area (Å²) in [5, 5.41) is 8.35. The Labute approximate surface area is 157 Å². The lowest BCUT2D eigenvalue weighted by Gasteiger charge is -2.17. The average molecular weight is 368 g/mol. The highest BCUT2D eigenvalue weighted by Gasteiger charge is 2.20. The standard InChI is InChI=1S/C21H22FN3O2/c1-3-15-7-9-16(10-8-15)21(17-5-4-6-18(22)12-17)23-13-20(26)24-19-11-14(2)27-25-19/h4-12,21,23H,3,13H2,1-2H3,(H,24,25,26)/p+1/t21-/m0/s1. The van der Waals surface area contributed by atoms with E-state index in [1.807, 2.05) is 23.5 Å². The zero-order valence-corrected chi connectivity index (χ0v) is 15.4. The molecule has 0 unspecified atom stereocenters. The second-order valence-corrected chi connectivity index (χ2v) is 6.44. The van der Waals surface area contributed by atoms with E-state index in [1.54, 1.807) is 19.1 Å². The Morgan fingerprint density at radius 3 is 2.59 bits per heavy atom. The molecule has 140 valence electrons. The van der Waals surface area contributed by atoms with Crippen LogP contribution in [0.4, 0.5) is 10.2 Å². The topological polar surface area (TPSA) is 71.7 Å². The largest absolute Gasteiger partial charge is 0.360 e. The van der Waals surface area contributed by atoms with E-state index < -0.39 is 0 Å². The number of aromatic nitrogens is 1. The number of carbonyl (C=O) groups excluding carboxylic acids is 1. The smallest absolute Gasteiger partial charge is 0.280 e. The van der Waals surface area contributed by atoms with Crippen molar-refractivity contribution in [2.24, 2.45) is 0 Å². The summed E-state index contributed by atoms with van der Waals surface area (Å²) >= 11 is 0. The van der Waals surface area contributed by atoms with Gasteiger partial charge in [0.05, 0.1) is 0 Å². The van der Waals surface area contributed by atoms with E-state index in [-0.39, 0.29) is 24.3 Å². The summed E-state index contributed by atoms with van der Waals surface area (Å²) in [4.78, 5) is 12.3. The van der Waals surface area contributed by atoms with Gasteiger partial charge in [-0.3, -0.25) is 4.79 Å². The number of benzene rings is 2. The third-order valence-electron chi connectivity index (χ3n) is 4.39. The van der Waals surface area contributed by atoms with E-state index >= 15 is 0 Å². The number of quaternary nitrogens is 1. The molecule has 0 saturated carbocycles.